The third kappa shape index (κ3) is 4.39. The van der Waals surface area contributed by atoms with Gasteiger partial charge in [-0.3, -0.25) is 4.79 Å². The summed E-state index contributed by atoms with van der Waals surface area (Å²) in [6.45, 7) is 0.910. The Kier molecular flexibility index (Phi) is 5.47. The van der Waals surface area contributed by atoms with Crippen LogP contribution in [0.2, 0.25) is 0 Å². The molecule has 152 valence electrons. The summed E-state index contributed by atoms with van der Waals surface area (Å²) in [7, 11) is 0. The number of nitrogens with zero attached hydrogens (tertiary/aromatic N) is 1. The highest BCUT2D eigenvalue weighted by molar-refractivity contribution is 5.94. The summed E-state index contributed by atoms with van der Waals surface area (Å²) in [5.74, 6) is -1.14. The van der Waals surface area contributed by atoms with E-state index >= 15 is 0 Å². The minimum absolute atomic E-state index is 0.00414. The zero-order valence-corrected chi connectivity index (χ0v) is 16.0. The number of hydrogen-bond donors (Lipinski definition) is 2. The summed E-state index contributed by atoms with van der Waals surface area (Å²) < 4.78 is 27.7. The molecule has 0 saturated carbocycles. The lowest BCUT2D eigenvalue weighted by atomic mass is 9.90. The molecule has 0 aromatic heterocycles. The van der Waals surface area contributed by atoms with Gasteiger partial charge in [-0.05, 0) is 73.2 Å². The number of halogens is 2. The molecule has 4 rings (SSSR count). The molecule has 0 aliphatic carbocycles. The Morgan fingerprint density at radius 2 is 1.97 bits per heavy atom. The van der Waals surface area contributed by atoms with Gasteiger partial charge in [-0.15, -0.1) is 0 Å². The lowest BCUT2D eigenvalue weighted by molar-refractivity contribution is -0.116. The molecule has 2 aromatic rings. The molecule has 1 saturated heterocycles. The molecule has 0 spiro atoms. The lowest BCUT2D eigenvalue weighted by Gasteiger charge is -2.33. The van der Waals surface area contributed by atoms with Gasteiger partial charge in [-0.25, -0.2) is 13.6 Å². The molecule has 5 nitrogen and oxygen atoms in total. The number of fused-ring (bicyclic) bond motifs is 1. The number of benzene rings is 2. The summed E-state index contributed by atoms with van der Waals surface area (Å²) in [4.78, 5) is 26.1. The second-order valence-electron chi connectivity index (χ2n) is 7.65. The fourth-order valence-corrected chi connectivity index (χ4v) is 4.10. The van der Waals surface area contributed by atoms with Crippen molar-refractivity contribution in [1.29, 1.82) is 0 Å². The third-order valence-electron chi connectivity index (χ3n) is 5.59. The van der Waals surface area contributed by atoms with Crippen molar-refractivity contribution >= 4 is 23.3 Å². The Bertz CT molecular complexity index is 948. The van der Waals surface area contributed by atoms with Gasteiger partial charge in [0.2, 0.25) is 5.91 Å². The van der Waals surface area contributed by atoms with Crippen LogP contribution in [-0.2, 0) is 11.2 Å². The summed E-state index contributed by atoms with van der Waals surface area (Å²) in [5.41, 5.74) is 2.75. The van der Waals surface area contributed by atoms with Crippen LogP contribution < -0.4 is 10.6 Å². The number of piperidine rings is 1. The fraction of sp³-hybridized carbons (Fsp3) is 0.364. The van der Waals surface area contributed by atoms with Crippen LogP contribution >= 0.6 is 0 Å². The van der Waals surface area contributed by atoms with Gasteiger partial charge >= 0.3 is 6.03 Å². The molecule has 1 fully saturated rings. The zero-order valence-electron chi connectivity index (χ0n) is 16.0. The van der Waals surface area contributed by atoms with Crippen LogP contribution in [-0.4, -0.2) is 29.9 Å². The van der Waals surface area contributed by atoms with Crippen molar-refractivity contribution in [2.75, 3.05) is 23.7 Å². The number of amides is 3. The minimum Gasteiger partial charge on any atom is -0.326 e. The smallest absolute Gasteiger partial charge is 0.321 e. The number of carbonyl (C=O) groups excluding carboxylic acids is 2. The highest BCUT2D eigenvalue weighted by atomic mass is 19.1. The first-order chi connectivity index (χ1) is 14.0. The maximum absolute atomic E-state index is 14.1. The molecule has 2 aliphatic heterocycles. The van der Waals surface area contributed by atoms with Crippen molar-refractivity contribution in [3.63, 3.8) is 0 Å². The Morgan fingerprint density at radius 3 is 2.83 bits per heavy atom. The van der Waals surface area contributed by atoms with Gasteiger partial charge in [0, 0.05) is 36.8 Å². The van der Waals surface area contributed by atoms with Crippen molar-refractivity contribution in [1.82, 2.24) is 4.90 Å². The number of nitrogens with one attached hydrogen (secondary N) is 2. The average Bonchev–Trinajstić information content (AvgIpc) is 2.90. The second kappa shape index (κ2) is 8.19. The van der Waals surface area contributed by atoms with Gasteiger partial charge in [-0.2, -0.15) is 0 Å². The Hall–Kier alpha value is -2.96. The van der Waals surface area contributed by atoms with Crippen LogP contribution in [0.15, 0.2) is 36.4 Å². The number of anilines is 2. The third-order valence-corrected chi connectivity index (χ3v) is 5.59. The van der Waals surface area contributed by atoms with Gasteiger partial charge in [-0.1, -0.05) is 0 Å². The number of urea groups is 1. The van der Waals surface area contributed by atoms with E-state index in [4.69, 9.17) is 0 Å². The van der Waals surface area contributed by atoms with Crippen LogP contribution in [0.1, 0.15) is 42.7 Å². The van der Waals surface area contributed by atoms with E-state index in [1.54, 1.807) is 17.0 Å². The second-order valence-corrected chi connectivity index (χ2v) is 7.65. The van der Waals surface area contributed by atoms with Crippen molar-refractivity contribution in [2.45, 2.75) is 38.0 Å². The highest BCUT2D eigenvalue weighted by Gasteiger charge is 2.27. The Balaban J connectivity index is 1.45. The monoisotopic (exact) mass is 399 g/mol. The fourth-order valence-electron chi connectivity index (χ4n) is 4.10. The van der Waals surface area contributed by atoms with E-state index in [0.717, 1.165) is 42.6 Å². The van der Waals surface area contributed by atoms with E-state index in [2.05, 4.69) is 10.6 Å². The number of likely N-dealkylation sites (tertiary alicyclic amines) is 1. The van der Waals surface area contributed by atoms with Gasteiger partial charge in [0.15, 0.2) is 0 Å². The summed E-state index contributed by atoms with van der Waals surface area (Å²) in [6.07, 6.45) is 3.46. The first-order valence-corrected chi connectivity index (χ1v) is 9.93. The van der Waals surface area contributed by atoms with Crippen LogP contribution in [0.4, 0.5) is 25.0 Å². The molecular weight excluding hydrogens is 376 g/mol. The van der Waals surface area contributed by atoms with Crippen molar-refractivity contribution < 1.29 is 18.4 Å². The van der Waals surface area contributed by atoms with E-state index in [0.29, 0.717) is 37.2 Å². The van der Waals surface area contributed by atoms with Crippen molar-refractivity contribution in [2.24, 2.45) is 0 Å². The summed E-state index contributed by atoms with van der Waals surface area (Å²) >= 11 is 0. The molecule has 2 heterocycles. The predicted molar refractivity (Wildman–Crippen MR) is 107 cm³/mol. The molecule has 7 heteroatoms. The summed E-state index contributed by atoms with van der Waals surface area (Å²) in [6, 6.07) is 8.65. The Labute approximate surface area is 168 Å². The van der Waals surface area contributed by atoms with Crippen molar-refractivity contribution in [3.8, 4) is 0 Å². The lowest BCUT2D eigenvalue weighted by Crippen LogP contribution is -2.41. The standard InChI is InChI=1S/C22H23F2N3O2/c23-16-6-8-19(24)18(12-16)15-4-2-10-27(13-15)22(29)25-17-7-9-20-14(11-17)3-1-5-21(28)26-20/h6-9,11-12,15H,1-5,10,13H2,(H,25,29)(H,26,28)/t15-/m1/s1. The number of carbonyl (C=O) groups is 2. The molecule has 1 atom stereocenters. The number of rotatable bonds is 2. The first-order valence-electron chi connectivity index (χ1n) is 9.93. The van der Waals surface area contributed by atoms with Gasteiger partial charge in [0.25, 0.3) is 0 Å². The molecule has 0 unspecified atom stereocenters. The van der Waals surface area contributed by atoms with Gasteiger partial charge in [0.05, 0.1) is 0 Å². The maximum Gasteiger partial charge on any atom is 0.321 e. The molecule has 29 heavy (non-hydrogen) atoms. The van der Waals surface area contributed by atoms with Crippen LogP contribution in [0.3, 0.4) is 0 Å². The minimum atomic E-state index is -0.472. The SMILES string of the molecule is O=C1CCCc2cc(NC(=O)N3CCC[C@@H](c4cc(F)ccc4F)C3)ccc2N1. The van der Waals surface area contributed by atoms with Crippen LogP contribution in [0.5, 0.6) is 0 Å². The van der Waals surface area contributed by atoms with Gasteiger partial charge in [0.1, 0.15) is 11.6 Å². The predicted octanol–water partition coefficient (Wildman–Crippen LogP) is 4.65. The van der Waals surface area contributed by atoms with E-state index in [9.17, 15) is 18.4 Å². The van der Waals surface area contributed by atoms with E-state index in [1.165, 1.54) is 6.07 Å². The molecule has 0 radical (unpaired) electrons. The van der Waals surface area contributed by atoms with E-state index in [-0.39, 0.29) is 17.9 Å². The zero-order chi connectivity index (χ0) is 20.4. The highest BCUT2D eigenvalue weighted by Crippen LogP contribution is 2.30. The topological polar surface area (TPSA) is 61.4 Å². The number of hydrogen-bond acceptors (Lipinski definition) is 2. The van der Waals surface area contributed by atoms with Crippen LogP contribution in [0.25, 0.3) is 0 Å². The normalized spacial score (nSPS) is 19.2. The number of aryl methyl sites for hydroxylation is 1. The largest absolute Gasteiger partial charge is 0.326 e. The average molecular weight is 399 g/mol. The summed E-state index contributed by atoms with van der Waals surface area (Å²) in [5, 5.41) is 5.77. The van der Waals surface area contributed by atoms with Crippen molar-refractivity contribution in [3.05, 3.63) is 59.2 Å². The first kappa shape index (κ1) is 19.4. The van der Waals surface area contributed by atoms with E-state index < -0.39 is 11.6 Å². The molecule has 3 amide bonds. The molecule has 2 aromatic carbocycles. The quantitative estimate of drug-likeness (QED) is 0.772. The van der Waals surface area contributed by atoms with Gasteiger partial charge < -0.3 is 15.5 Å². The van der Waals surface area contributed by atoms with E-state index in [1.807, 2.05) is 6.07 Å². The molecule has 2 N–H and O–H groups in total. The Morgan fingerprint density at radius 1 is 1.10 bits per heavy atom. The maximum atomic E-state index is 14.1. The molecular formula is C22H23F2N3O2. The van der Waals surface area contributed by atoms with Crippen LogP contribution in [0, 0.1) is 11.6 Å². The molecule has 2 aliphatic rings. The molecule has 0 bridgehead atoms.